The van der Waals surface area contributed by atoms with Crippen LogP contribution in [-0.4, -0.2) is 33.8 Å². The van der Waals surface area contributed by atoms with E-state index in [0.717, 1.165) is 18.4 Å². The molecular weight excluding hydrogens is 494 g/mol. The van der Waals surface area contributed by atoms with Crippen molar-refractivity contribution in [1.82, 2.24) is 15.7 Å². The second kappa shape index (κ2) is 10.1. The normalized spacial score (nSPS) is 18.5. The van der Waals surface area contributed by atoms with Crippen molar-refractivity contribution in [3.63, 3.8) is 0 Å². The molecule has 0 amide bonds. The number of nitrogens with one attached hydrogen (secondary N) is 1. The Hall–Kier alpha value is -2.78. The maximum Gasteiger partial charge on any atom is 0.250 e. The van der Waals surface area contributed by atoms with Crippen molar-refractivity contribution in [3.05, 3.63) is 80.7 Å². The summed E-state index contributed by atoms with van der Waals surface area (Å²) in [5, 5.41) is 19.3. The Morgan fingerprint density at radius 2 is 2.03 bits per heavy atom. The SMILES string of the molecule is C[C@@H](O)c1cc(C2=N[C@H](Cc3ccc(Cl)cc3Cl)CON2)c(Oc2cccc(C3CC3)c2F)nn1. The van der Waals surface area contributed by atoms with Crippen LogP contribution in [0.15, 0.2) is 47.5 Å². The van der Waals surface area contributed by atoms with E-state index >= 15 is 4.39 Å². The number of aliphatic hydroxyl groups excluding tert-OH is 1. The average Bonchev–Trinajstić information content (AvgIpc) is 3.68. The number of halogens is 3. The number of aromatic nitrogens is 2. The minimum atomic E-state index is -0.876. The molecule has 2 N–H and O–H groups in total. The number of amidine groups is 1. The quantitative estimate of drug-likeness (QED) is 0.428. The minimum absolute atomic E-state index is 0.0428. The zero-order valence-corrected chi connectivity index (χ0v) is 20.4. The molecule has 2 aromatic carbocycles. The number of hydrogen-bond acceptors (Lipinski definition) is 7. The van der Waals surface area contributed by atoms with E-state index in [-0.39, 0.29) is 23.6 Å². The van der Waals surface area contributed by atoms with Crippen LogP contribution in [0.25, 0.3) is 0 Å². The van der Waals surface area contributed by atoms with Crippen LogP contribution < -0.4 is 10.2 Å². The molecule has 3 aromatic rings. The number of aliphatic imine (C=N–C) groups is 1. The fourth-order valence-electron chi connectivity index (χ4n) is 3.89. The van der Waals surface area contributed by atoms with Crippen LogP contribution in [0.5, 0.6) is 11.6 Å². The predicted octanol–water partition coefficient (Wildman–Crippen LogP) is 5.54. The van der Waals surface area contributed by atoms with E-state index in [1.165, 1.54) is 0 Å². The van der Waals surface area contributed by atoms with Gasteiger partial charge < -0.3 is 9.84 Å². The summed E-state index contributed by atoms with van der Waals surface area (Å²) in [7, 11) is 0. The lowest BCUT2D eigenvalue weighted by molar-refractivity contribution is 0.0623. The summed E-state index contributed by atoms with van der Waals surface area (Å²) in [6.07, 6.45) is 1.56. The molecule has 1 saturated carbocycles. The molecule has 0 bridgehead atoms. The highest BCUT2D eigenvalue weighted by molar-refractivity contribution is 6.35. The molecule has 0 unspecified atom stereocenters. The first-order valence-electron chi connectivity index (χ1n) is 11.3. The molecule has 182 valence electrons. The van der Waals surface area contributed by atoms with E-state index < -0.39 is 11.9 Å². The summed E-state index contributed by atoms with van der Waals surface area (Å²) in [4.78, 5) is 10.3. The molecule has 2 aliphatic rings. The van der Waals surface area contributed by atoms with E-state index in [1.807, 2.05) is 6.07 Å². The van der Waals surface area contributed by atoms with Gasteiger partial charge in [0.05, 0.1) is 30.0 Å². The summed E-state index contributed by atoms with van der Waals surface area (Å²) in [6, 6.07) is 11.7. The van der Waals surface area contributed by atoms with Gasteiger partial charge in [0.1, 0.15) is 0 Å². The highest BCUT2D eigenvalue weighted by Gasteiger charge is 2.29. The van der Waals surface area contributed by atoms with Crippen LogP contribution >= 0.6 is 23.2 Å². The van der Waals surface area contributed by atoms with E-state index in [4.69, 9.17) is 37.8 Å². The van der Waals surface area contributed by atoms with Crippen LogP contribution in [0.4, 0.5) is 4.39 Å². The predicted molar refractivity (Wildman–Crippen MR) is 131 cm³/mol. The van der Waals surface area contributed by atoms with Gasteiger partial charge in [0.2, 0.25) is 5.88 Å². The molecule has 2 atom stereocenters. The lowest BCUT2D eigenvalue weighted by Gasteiger charge is -2.23. The van der Waals surface area contributed by atoms with Crippen molar-refractivity contribution >= 4 is 29.0 Å². The third-order valence-electron chi connectivity index (χ3n) is 5.91. The third kappa shape index (κ3) is 5.41. The summed E-state index contributed by atoms with van der Waals surface area (Å²) < 4.78 is 21.0. The van der Waals surface area contributed by atoms with Gasteiger partial charge in [-0.1, -0.05) is 41.4 Å². The maximum atomic E-state index is 15.1. The van der Waals surface area contributed by atoms with Gasteiger partial charge in [-0.15, -0.1) is 10.2 Å². The van der Waals surface area contributed by atoms with Gasteiger partial charge in [-0.3, -0.25) is 9.83 Å². The molecular formula is C25H23Cl2FN4O3. The monoisotopic (exact) mass is 516 g/mol. The number of benzene rings is 2. The summed E-state index contributed by atoms with van der Waals surface area (Å²) >= 11 is 12.3. The summed E-state index contributed by atoms with van der Waals surface area (Å²) in [5.74, 6) is 0.238. The third-order valence-corrected chi connectivity index (χ3v) is 6.49. The fraction of sp³-hybridized carbons (Fsp3) is 0.320. The Balaban J connectivity index is 1.48. The fourth-order valence-corrected chi connectivity index (χ4v) is 4.37. The van der Waals surface area contributed by atoms with Gasteiger partial charge in [-0.05, 0) is 67.5 Å². The first kappa shape index (κ1) is 23.9. The Morgan fingerprint density at radius 3 is 2.77 bits per heavy atom. The van der Waals surface area contributed by atoms with Crippen LogP contribution in [0.3, 0.4) is 0 Å². The summed E-state index contributed by atoms with van der Waals surface area (Å²) in [6.45, 7) is 1.88. The molecule has 5 rings (SSSR count). The Morgan fingerprint density at radius 1 is 1.20 bits per heavy atom. The molecule has 2 heterocycles. The zero-order chi connectivity index (χ0) is 24.5. The number of hydroxylamine groups is 1. The summed E-state index contributed by atoms with van der Waals surface area (Å²) in [5.41, 5.74) is 5.00. The van der Waals surface area contributed by atoms with Gasteiger partial charge in [0.25, 0.3) is 0 Å². The number of nitrogens with zero attached hydrogens (tertiary/aromatic N) is 3. The first-order valence-corrected chi connectivity index (χ1v) is 12.1. The number of ether oxygens (including phenoxy) is 1. The number of aliphatic hydroxyl groups is 1. The largest absolute Gasteiger partial charge is 0.434 e. The minimum Gasteiger partial charge on any atom is -0.434 e. The van der Waals surface area contributed by atoms with Crippen molar-refractivity contribution in [2.45, 2.75) is 44.2 Å². The van der Waals surface area contributed by atoms with Crippen molar-refractivity contribution in [2.24, 2.45) is 4.99 Å². The van der Waals surface area contributed by atoms with Gasteiger partial charge in [0, 0.05) is 10.0 Å². The molecule has 1 aromatic heterocycles. The van der Waals surface area contributed by atoms with E-state index in [2.05, 4.69) is 15.7 Å². The zero-order valence-electron chi connectivity index (χ0n) is 18.8. The van der Waals surface area contributed by atoms with Crippen LogP contribution in [0, 0.1) is 5.82 Å². The highest BCUT2D eigenvalue weighted by atomic mass is 35.5. The van der Waals surface area contributed by atoms with Crippen LogP contribution in [-0.2, 0) is 11.3 Å². The molecule has 35 heavy (non-hydrogen) atoms. The smallest absolute Gasteiger partial charge is 0.250 e. The van der Waals surface area contributed by atoms with Crippen molar-refractivity contribution in [1.29, 1.82) is 0 Å². The van der Waals surface area contributed by atoms with Gasteiger partial charge in [0.15, 0.2) is 17.4 Å². The van der Waals surface area contributed by atoms with E-state index in [1.54, 1.807) is 43.3 Å². The van der Waals surface area contributed by atoms with Crippen molar-refractivity contribution in [3.8, 4) is 11.6 Å². The average molecular weight is 517 g/mol. The standard InChI is InChI=1S/C25H23Cl2FN4O3/c1-13(33)21-11-19(24-29-17(12-34-32-24)9-15-7-8-16(26)10-20(15)27)25(31-30-21)35-22-4-2-3-18(23(22)28)14-5-6-14/h2-4,7-8,10-11,13-14,17,33H,5-6,9,12H2,1H3,(H,29,32)/t13-,17-/m1/s1. The van der Waals surface area contributed by atoms with E-state index in [9.17, 15) is 5.11 Å². The number of rotatable bonds is 7. The highest BCUT2D eigenvalue weighted by Crippen LogP contribution is 2.43. The van der Waals surface area contributed by atoms with Gasteiger partial charge in [-0.25, -0.2) is 9.87 Å². The lowest BCUT2D eigenvalue weighted by atomic mass is 10.1. The molecule has 7 nitrogen and oxygen atoms in total. The lowest BCUT2D eigenvalue weighted by Crippen LogP contribution is -2.37. The molecule has 1 aliphatic carbocycles. The van der Waals surface area contributed by atoms with Crippen LogP contribution in [0.1, 0.15) is 54.2 Å². The Bertz CT molecular complexity index is 1280. The molecule has 1 fully saturated rings. The molecule has 10 heteroatoms. The second-order valence-corrected chi connectivity index (χ2v) is 9.53. The van der Waals surface area contributed by atoms with E-state index in [0.29, 0.717) is 45.7 Å². The molecule has 1 aliphatic heterocycles. The molecule has 0 spiro atoms. The second-order valence-electron chi connectivity index (χ2n) is 8.68. The van der Waals surface area contributed by atoms with Gasteiger partial charge in [-0.2, -0.15) is 0 Å². The number of hydrogen-bond donors (Lipinski definition) is 2. The Kier molecular flexibility index (Phi) is 6.88. The van der Waals surface area contributed by atoms with Crippen LogP contribution in [0.2, 0.25) is 10.0 Å². The van der Waals surface area contributed by atoms with Crippen molar-refractivity contribution < 1.29 is 19.1 Å². The van der Waals surface area contributed by atoms with Gasteiger partial charge >= 0.3 is 0 Å². The molecule has 0 saturated heterocycles. The maximum absolute atomic E-state index is 15.1. The first-order chi connectivity index (χ1) is 16.9. The topological polar surface area (TPSA) is 88.9 Å². The molecule has 0 radical (unpaired) electrons. The van der Waals surface area contributed by atoms with Crippen molar-refractivity contribution in [2.75, 3.05) is 6.61 Å². The Labute approximate surface area is 211 Å².